The Hall–Kier alpha value is -1.51. The minimum absolute atomic E-state index is 0.636. The van der Waals surface area contributed by atoms with E-state index >= 15 is 0 Å². The number of fused-ring (bicyclic) bond motifs is 1. The van der Waals surface area contributed by atoms with Crippen LogP contribution in [-0.4, -0.2) is 9.38 Å². The molecule has 0 aliphatic carbocycles. The summed E-state index contributed by atoms with van der Waals surface area (Å²) < 4.78 is 2.01. The third-order valence-electron chi connectivity index (χ3n) is 2.15. The summed E-state index contributed by atoms with van der Waals surface area (Å²) in [6.45, 7) is 4.39. The fourth-order valence-corrected chi connectivity index (χ4v) is 1.57. The first-order valence-electron chi connectivity index (χ1n) is 4.88. The number of hydrogen-bond donors (Lipinski definition) is 1. The van der Waals surface area contributed by atoms with Gasteiger partial charge in [-0.25, -0.2) is 4.98 Å². The van der Waals surface area contributed by atoms with Gasteiger partial charge in [0.05, 0.1) is 5.69 Å². The molecule has 0 spiro atoms. The summed E-state index contributed by atoms with van der Waals surface area (Å²) >= 11 is 0. The molecule has 3 heteroatoms. The molecule has 2 rings (SSSR count). The predicted octanol–water partition coefficient (Wildman–Crippen LogP) is 2.12. The van der Waals surface area contributed by atoms with Crippen molar-refractivity contribution >= 4 is 11.3 Å². The van der Waals surface area contributed by atoms with Gasteiger partial charge in [-0.05, 0) is 18.4 Å². The topological polar surface area (TPSA) is 43.3 Å². The Labute approximate surface area is 83.6 Å². The first-order valence-corrected chi connectivity index (χ1v) is 4.88. The van der Waals surface area contributed by atoms with E-state index < -0.39 is 0 Å². The van der Waals surface area contributed by atoms with Crippen LogP contribution in [0.4, 0.5) is 5.69 Å². The summed E-state index contributed by atoms with van der Waals surface area (Å²) in [5.74, 6) is 0.636. The lowest BCUT2D eigenvalue weighted by molar-refractivity contribution is 0.638. The first kappa shape index (κ1) is 9.06. The fraction of sp³-hybridized carbons (Fsp3) is 0.364. The number of nitrogens with two attached hydrogens (primary N) is 1. The van der Waals surface area contributed by atoms with Crippen LogP contribution in [0.2, 0.25) is 0 Å². The summed E-state index contributed by atoms with van der Waals surface area (Å²) in [6.07, 6.45) is 5.03. The quantitative estimate of drug-likeness (QED) is 0.786. The van der Waals surface area contributed by atoms with Gasteiger partial charge in [-0.15, -0.1) is 0 Å². The van der Waals surface area contributed by atoms with Gasteiger partial charge in [0.15, 0.2) is 0 Å². The minimum Gasteiger partial charge on any atom is -0.399 e. The third kappa shape index (κ3) is 1.71. The lowest BCUT2D eigenvalue weighted by Gasteiger charge is -1.97. The second kappa shape index (κ2) is 3.33. The van der Waals surface area contributed by atoms with E-state index in [4.69, 9.17) is 5.73 Å². The molecule has 0 saturated heterocycles. The molecule has 0 fully saturated rings. The highest BCUT2D eigenvalue weighted by Gasteiger charge is 2.03. The molecule has 2 aromatic rings. The van der Waals surface area contributed by atoms with Crippen LogP contribution in [0.25, 0.3) is 5.65 Å². The number of pyridine rings is 1. The Morgan fingerprint density at radius 1 is 1.50 bits per heavy atom. The average molecular weight is 189 g/mol. The van der Waals surface area contributed by atoms with Crippen molar-refractivity contribution < 1.29 is 0 Å². The van der Waals surface area contributed by atoms with Crippen LogP contribution >= 0.6 is 0 Å². The molecule has 0 unspecified atom stereocenters. The van der Waals surface area contributed by atoms with Gasteiger partial charge in [-0.1, -0.05) is 13.8 Å². The van der Waals surface area contributed by atoms with Crippen molar-refractivity contribution in [1.29, 1.82) is 0 Å². The maximum absolute atomic E-state index is 5.68. The van der Waals surface area contributed by atoms with Crippen LogP contribution in [-0.2, 0) is 6.42 Å². The van der Waals surface area contributed by atoms with E-state index in [2.05, 4.69) is 25.0 Å². The number of imidazole rings is 1. The van der Waals surface area contributed by atoms with E-state index in [9.17, 15) is 0 Å². The first-order chi connectivity index (χ1) is 6.65. The normalized spacial score (nSPS) is 11.4. The van der Waals surface area contributed by atoms with E-state index in [0.717, 1.165) is 23.4 Å². The Balaban J connectivity index is 2.41. The molecule has 0 saturated carbocycles. The van der Waals surface area contributed by atoms with Gasteiger partial charge < -0.3 is 10.1 Å². The number of rotatable bonds is 2. The van der Waals surface area contributed by atoms with Crippen molar-refractivity contribution in [3.63, 3.8) is 0 Å². The highest BCUT2D eigenvalue weighted by molar-refractivity contribution is 5.52. The summed E-state index contributed by atoms with van der Waals surface area (Å²) in [6, 6.07) is 3.78. The Kier molecular flexibility index (Phi) is 2.15. The lowest BCUT2D eigenvalue weighted by Crippen LogP contribution is -1.93. The summed E-state index contributed by atoms with van der Waals surface area (Å²) in [5.41, 5.74) is 8.51. The largest absolute Gasteiger partial charge is 0.399 e. The zero-order valence-electron chi connectivity index (χ0n) is 8.57. The molecule has 0 aromatic carbocycles. The van der Waals surface area contributed by atoms with E-state index in [-0.39, 0.29) is 0 Å². The van der Waals surface area contributed by atoms with E-state index in [1.165, 1.54) is 0 Å². The third-order valence-corrected chi connectivity index (χ3v) is 2.15. The zero-order chi connectivity index (χ0) is 10.1. The minimum atomic E-state index is 0.636. The van der Waals surface area contributed by atoms with Gasteiger partial charge >= 0.3 is 0 Å². The van der Waals surface area contributed by atoms with E-state index in [1.54, 1.807) is 0 Å². The number of aromatic nitrogens is 2. The Morgan fingerprint density at radius 3 is 3.00 bits per heavy atom. The highest BCUT2D eigenvalue weighted by Crippen LogP contribution is 2.12. The number of nitrogen functional groups attached to an aromatic ring is 1. The van der Waals surface area contributed by atoms with Crippen LogP contribution in [0.15, 0.2) is 24.5 Å². The molecular formula is C11H15N3. The van der Waals surface area contributed by atoms with Crippen molar-refractivity contribution in [2.75, 3.05) is 5.73 Å². The van der Waals surface area contributed by atoms with Gasteiger partial charge in [-0.3, -0.25) is 0 Å². The lowest BCUT2D eigenvalue weighted by atomic mass is 10.1. The van der Waals surface area contributed by atoms with Gasteiger partial charge in [0.2, 0.25) is 0 Å². The number of anilines is 1. The molecule has 14 heavy (non-hydrogen) atoms. The molecular weight excluding hydrogens is 174 g/mol. The van der Waals surface area contributed by atoms with Crippen LogP contribution in [0, 0.1) is 5.92 Å². The molecule has 74 valence electrons. The standard InChI is InChI=1S/C11H15N3/c1-8(2)5-10-7-14-4-3-9(12)6-11(14)13-10/h3-4,6-8H,5,12H2,1-2H3. The van der Waals surface area contributed by atoms with Gasteiger partial charge in [0, 0.05) is 24.1 Å². The number of nitrogens with zero attached hydrogens (tertiary/aromatic N) is 2. The van der Waals surface area contributed by atoms with Crippen molar-refractivity contribution in [2.24, 2.45) is 5.92 Å². The van der Waals surface area contributed by atoms with Crippen LogP contribution in [0.3, 0.4) is 0 Å². The van der Waals surface area contributed by atoms with Crippen molar-refractivity contribution in [3.05, 3.63) is 30.2 Å². The second-order valence-corrected chi connectivity index (χ2v) is 4.06. The SMILES string of the molecule is CC(C)Cc1cn2ccc(N)cc2n1. The fourth-order valence-electron chi connectivity index (χ4n) is 1.57. The zero-order valence-corrected chi connectivity index (χ0v) is 8.57. The van der Waals surface area contributed by atoms with E-state index in [1.807, 2.05) is 22.7 Å². The smallest absolute Gasteiger partial charge is 0.139 e. The molecule has 3 nitrogen and oxygen atoms in total. The molecule has 2 aromatic heterocycles. The molecule has 0 aliphatic rings. The molecule has 0 bridgehead atoms. The van der Waals surface area contributed by atoms with Crippen molar-refractivity contribution in [2.45, 2.75) is 20.3 Å². The van der Waals surface area contributed by atoms with Crippen LogP contribution in [0.1, 0.15) is 19.5 Å². The summed E-state index contributed by atoms with van der Waals surface area (Å²) in [4.78, 5) is 4.50. The van der Waals surface area contributed by atoms with Gasteiger partial charge in [-0.2, -0.15) is 0 Å². The monoisotopic (exact) mass is 189 g/mol. The van der Waals surface area contributed by atoms with Gasteiger partial charge in [0.25, 0.3) is 0 Å². The van der Waals surface area contributed by atoms with Gasteiger partial charge in [0.1, 0.15) is 5.65 Å². The summed E-state index contributed by atoms with van der Waals surface area (Å²) in [7, 11) is 0. The second-order valence-electron chi connectivity index (χ2n) is 4.06. The molecule has 0 atom stereocenters. The Bertz CT molecular complexity index is 443. The summed E-state index contributed by atoms with van der Waals surface area (Å²) in [5, 5.41) is 0. The predicted molar refractivity (Wildman–Crippen MR) is 58.1 cm³/mol. The molecule has 2 heterocycles. The van der Waals surface area contributed by atoms with Crippen molar-refractivity contribution in [3.8, 4) is 0 Å². The molecule has 2 N–H and O–H groups in total. The van der Waals surface area contributed by atoms with Crippen LogP contribution < -0.4 is 5.73 Å². The maximum Gasteiger partial charge on any atom is 0.139 e. The molecule has 0 amide bonds. The molecule has 0 aliphatic heterocycles. The number of hydrogen-bond acceptors (Lipinski definition) is 2. The Morgan fingerprint density at radius 2 is 2.29 bits per heavy atom. The van der Waals surface area contributed by atoms with Crippen molar-refractivity contribution in [1.82, 2.24) is 9.38 Å². The molecule has 0 radical (unpaired) electrons. The van der Waals surface area contributed by atoms with Crippen LogP contribution in [0.5, 0.6) is 0 Å². The average Bonchev–Trinajstić information content (AvgIpc) is 2.44. The maximum atomic E-state index is 5.68. The highest BCUT2D eigenvalue weighted by atomic mass is 15.0. The van der Waals surface area contributed by atoms with E-state index in [0.29, 0.717) is 5.92 Å².